The number of benzene rings is 2. The first-order chi connectivity index (χ1) is 11.9. The molecule has 5 nitrogen and oxygen atoms in total. The van der Waals surface area contributed by atoms with E-state index in [0.29, 0.717) is 5.56 Å². The molecule has 5 heteroatoms. The van der Waals surface area contributed by atoms with Gasteiger partial charge in [0.1, 0.15) is 6.61 Å². The molecular weight excluding hydrogens is 320 g/mol. The lowest BCUT2D eigenvalue weighted by Gasteiger charge is -2.27. The third-order valence-electron chi connectivity index (χ3n) is 3.86. The minimum Gasteiger partial charge on any atom is -0.344 e. The molecule has 2 aromatic carbocycles. The van der Waals surface area contributed by atoms with Gasteiger partial charge in [0.15, 0.2) is 17.3 Å². The van der Waals surface area contributed by atoms with Gasteiger partial charge >= 0.3 is 0 Å². The average molecular weight is 338 g/mol. The van der Waals surface area contributed by atoms with Crippen LogP contribution in [0.15, 0.2) is 60.7 Å². The summed E-state index contributed by atoms with van der Waals surface area (Å²) in [4.78, 5) is 49.4. The van der Waals surface area contributed by atoms with Gasteiger partial charge in [-0.05, 0) is 13.8 Å². The summed E-state index contributed by atoms with van der Waals surface area (Å²) in [5, 5.41) is 0. The second-order valence-electron chi connectivity index (χ2n) is 5.57. The maximum Gasteiger partial charge on any atom is 0.247 e. The summed E-state index contributed by atoms with van der Waals surface area (Å²) >= 11 is 0. The molecule has 0 atom stereocenters. The smallest absolute Gasteiger partial charge is 0.247 e. The molecular formula is C20H18O5. The van der Waals surface area contributed by atoms with Crippen LogP contribution in [0.5, 0.6) is 0 Å². The van der Waals surface area contributed by atoms with Crippen molar-refractivity contribution in [3.63, 3.8) is 0 Å². The van der Waals surface area contributed by atoms with Crippen LogP contribution in [0.25, 0.3) is 0 Å². The highest BCUT2D eigenvalue weighted by molar-refractivity contribution is 6.31. The number of ether oxygens (including phenoxy) is 1. The number of carbonyl (C=O) groups is 4. The van der Waals surface area contributed by atoms with Gasteiger partial charge in [-0.25, -0.2) is 0 Å². The highest BCUT2D eigenvalue weighted by Gasteiger charge is 2.50. The van der Waals surface area contributed by atoms with E-state index in [9.17, 15) is 19.2 Å². The summed E-state index contributed by atoms with van der Waals surface area (Å²) in [7, 11) is 0. The van der Waals surface area contributed by atoms with Crippen molar-refractivity contribution in [1.29, 1.82) is 0 Å². The molecule has 0 heterocycles. The molecule has 0 saturated carbocycles. The number of hydrogen-bond donors (Lipinski definition) is 0. The molecule has 0 bridgehead atoms. The van der Waals surface area contributed by atoms with Crippen LogP contribution in [-0.2, 0) is 14.3 Å². The van der Waals surface area contributed by atoms with E-state index in [-0.39, 0.29) is 5.56 Å². The third-order valence-corrected chi connectivity index (χ3v) is 3.86. The Morgan fingerprint density at radius 2 is 1.20 bits per heavy atom. The van der Waals surface area contributed by atoms with Crippen molar-refractivity contribution in [2.24, 2.45) is 0 Å². The Morgan fingerprint density at radius 3 is 1.64 bits per heavy atom. The van der Waals surface area contributed by atoms with Crippen LogP contribution in [0.4, 0.5) is 0 Å². The van der Waals surface area contributed by atoms with Crippen molar-refractivity contribution in [3.05, 3.63) is 71.8 Å². The Bertz CT molecular complexity index is 779. The lowest BCUT2D eigenvalue weighted by molar-refractivity contribution is -0.147. The van der Waals surface area contributed by atoms with Crippen molar-refractivity contribution in [2.75, 3.05) is 6.61 Å². The molecule has 0 amide bonds. The van der Waals surface area contributed by atoms with E-state index in [1.807, 2.05) is 0 Å². The van der Waals surface area contributed by atoms with E-state index in [4.69, 9.17) is 4.74 Å². The van der Waals surface area contributed by atoms with Crippen LogP contribution in [0.1, 0.15) is 34.6 Å². The zero-order chi connectivity index (χ0) is 18.4. The largest absolute Gasteiger partial charge is 0.344 e. The second-order valence-corrected chi connectivity index (χ2v) is 5.57. The number of rotatable bonds is 8. The first-order valence-electron chi connectivity index (χ1n) is 7.73. The maximum absolute atomic E-state index is 12.8. The molecule has 0 spiro atoms. The second kappa shape index (κ2) is 7.77. The van der Waals surface area contributed by atoms with Gasteiger partial charge in [-0.1, -0.05) is 60.7 Å². The van der Waals surface area contributed by atoms with Crippen molar-refractivity contribution in [3.8, 4) is 0 Å². The van der Waals surface area contributed by atoms with Gasteiger partial charge in [-0.3, -0.25) is 19.2 Å². The van der Waals surface area contributed by atoms with E-state index in [2.05, 4.69) is 0 Å². The van der Waals surface area contributed by atoms with Gasteiger partial charge in [-0.2, -0.15) is 0 Å². The summed E-state index contributed by atoms with van der Waals surface area (Å²) in [6.45, 7) is 1.66. The van der Waals surface area contributed by atoms with Gasteiger partial charge < -0.3 is 4.74 Å². The normalized spacial score (nSPS) is 11.0. The van der Waals surface area contributed by atoms with E-state index in [1.54, 1.807) is 48.5 Å². The summed E-state index contributed by atoms with van der Waals surface area (Å²) in [6, 6.07) is 16.2. The molecule has 0 saturated heterocycles. The van der Waals surface area contributed by atoms with Gasteiger partial charge in [0.2, 0.25) is 11.4 Å². The predicted molar refractivity (Wildman–Crippen MR) is 91.6 cm³/mol. The van der Waals surface area contributed by atoms with Gasteiger partial charge in [0.05, 0.1) is 0 Å². The first-order valence-corrected chi connectivity index (χ1v) is 7.73. The van der Waals surface area contributed by atoms with Crippen molar-refractivity contribution >= 4 is 23.1 Å². The fourth-order valence-corrected chi connectivity index (χ4v) is 2.51. The molecule has 0 aromatic heterocycles. The Labute approximate surface area is 145 Å². The van der Waals surface area contributed by atoms with E-state index in [0.717, 1.165) is 13.8 Å². The maximum atomic E-state index is 12.8. The fourth-order valence-electron chi connectivity index (χ4n) is 2.51. The van der Waals surface area contributed by atoms with Crippen molar-refractivity contribution in [2.45, 2.75) is 19.4 Å². The van der Waals surface area contributed by atoms with Crippen LogP contribution in [0.3, 0.4) is 0 Å². The number of hydrogen-bond acceptors (Lipinski definition) is 5. The van der Waals surface area contributed by atoms with Crippen LogP contribution in [0, 0.1) is 0 Å². The Kier molecular flexibility index (Phi) is 5.72. The van der Waals surface area contributed by atoms with E-state index in [1.165, 1.54) is 12.1 Å². The molecule has 0 radical (unpaired) electrons. The Balaban J connectivity index is 2.33. The average Bonchev–Trinajstić information content (AvgIpc) is 2.62. The molecule has 0 aliphatic heterocycles. The van der Waals surface area contributed by atoms with Crippen molar-refractivity contribution in [1.82, 2.24) is 0 Å². The highest BCUT2D eigenvalue weighted by atomic mass is 16.5. The standard InChI is InChI=1S/C20H18O5/c1-14(21)20(15(2)22,19(24)17-11-7-4-8-12-17)25-13-18(23)16-9-5-3-6-10-16/h3-12H,13H2,1-2H3. The van der Waals surface area contributed by atoms with Gasteiger partial charge in [-0.15, -0.1) is 0 Å². The summed E-state index contributed by atoms with van der Waals surface area (Å²) in [6.07, 6.45) is 0. The third kappa shape index (κ3) is 3.78. The van der Waals surface area contributed by atoms with Crippen LogP contribution < -0.4 is 0 Å². The number of ketones is 4. The molecule has 0 aliphatic rings. The van der Waals surface area contributed by atoms with Crippen LogP contribution in [-0.4, -0.2) is 35.3 Å². The summed E-state index contributed by atoms with van der Waals surface area (Å²) in [5.41, 5.74) is -1.78. The Hall–Kier alpha value is -2.92. The van der Waals surface area contributed by atoms with Crippen LogP contribution in [0.2, 0.25) is 0 Å². The summed E-state index contributed by atoms with van der Waals surface area (Å²) < 4.78 is 5.39. The van der Waals surface area contributed by atoms with Gasteiger partial charge in [0, 0.05) is 11.1 Å². The fraction of sp³-hybridized carbons (Fsp3) is 0.200. The molecule has 0 N–H and O–H groups in total. The minimum atomic E-state index is -2.31. The van der Waals surface area contributed by atoms with Crippen molar-refractivity contribution < 1.29 is 23.9 Å². The molecule has 0 aliphatic carbocycles. The van der Waals surface area contributed by atoms with Gasteiger partial charge in [0.25, 0.3) is 0 Å². The zero-order valence-corrected chi connectivity index (χ0v) is 14.0. The Morgan fingerprint density at radius 1 is 0.760 bits per heavy atom. The monoisotopic (exact) mass is 338 g/mol. The number of carbonyl (C=O) groups excluding carboxylic acids is 4. The molecule has 2 rings (SSSR count). The molecule has 0 fully saturated rings. The quantitative estimate of drug-likeness (QED) is 0.546. The minimum absolute atomic E-state index is 0.167. The lowest BCUT2D eigenvalue weighted by Crippen LogP contribution is -2.54. The zero-order valence-electron chi connectivity index (χ0n) is 14.0. The SMILES string of the molecule is CC(=O)C(OCC(=O)c1ccccc1)(C(C)=O)C(=O)c1ccccc1. The van der Waals surface area contributed by atoms with E-state index < -0.39 is 35.3 Å². The highest BCUT2D eigenvalue weighted by Crippen LogP contribution is 2.22. The lowest BCUT2D eigenvalue weighted by atomic mass is 9.85. The first kappa shape index (κ1) is 18.4. The molecule has 128 valence electrons. The molecule has 2 aromatic rings. The molecule has 0 unspecified atom stereocenters. The molecule has 25 heavy (non-hydrogen) atoms. The topological polar surface area (TPSA) is 77.5 Å². The van der Waals surface area contributed by atoms with Crippen LogP contribution >= 0.6 is 0 Å². The number of Topliss-reactive ketones (excluding diaryl/α,β-unsaturated/α-hetero) is 4. The van der Waals surface area contributed by atoms with E-state index >= 15 is 0 Å². The summed E-state index contributed by atoms with van der Waals surface area (Å²) in [5.74, 6) is -2.70. The predicted octanol–water partition coefficient (Wildman–Crippen LogP) is 2.69.